The Bertz CT molecular complexity index is 350. The van der Waals surface area contributed by atoms with E-state index < -0.39 is 0 Å². The Balaban J connectivity index is 2.45. The maximum Gasteiger partial charge on any atom is 0.236 e. The zero-order valence-corrected chi connectivity index (χ0v) is 12.3. The van der Waals surface area contributed by atoms with E-state index in [4.69, 9.17) is 0 Å². The molecule has 0 saturated heterocycles. The number of alkyl halides is 1. The molecular weight excluding hydrogens is 278 g/mol. The first-order chi connectivity index (χ1) is 8.02. The molecule has 0 saturated carbocycles. The van der Waals surface area contributed by atoms with Crippen molar-refractivity contribution in [1.82, 2.24) is 4.90 Å². The van der Waals surface area contributed by atoms with Gasteiger partial charge in [-0.15, -0.1) is 0 Å². The Morgan fingerprint density at radius 1 is 1.29 bits per heavy atom. The molecule has 1 rings (SSSR count). The first-order valence-corrected chi connectivity index (χ1v) is 6.87. The minimum Gasteiger partial charge on any atom is -0.344 e. The molecule has 0 fully saturated rings. The van der Waals surface area contributed by atoms with Crippen LogP contribution in [0.2, 0.25) is 0 Å². The van der Waals surface area contributed by atoms with Crippen molar-refractivity contribution in [3.63, 3.8) is 0 Å². The van der Waals surface area contributed by atoms with Crippen LogP contribution in [0.5, 0.6) is 0 Å². The van der Waals surface area contributed by atoms with Gasteiger partial charge in [0.2, 0.25) is 5.91 Å². The predicted octanol–water partition coefficient (Wildman–Crippen LogP) is 3.11. The molecule has 0 N–H and O–H groups in total. The van der Waals surface area contributed by atoms with Gasteiger partial charge in [0.05, 0.1) is 4.83 Å². The molecule has 0 aliphatic rings. The van der Waals surface area contributed by atoms with Gasteiger partial charge in [-0.05, 0) is 17.9 Å². The van der Waals surface area contributed by atoms with Crippen molar-refractivity contribution in [3.05, 3.63) is 35.9 Å². The Hall–Kier alpha value is -0.830. The average Bonchev–Trinajstić information content (AvgIpc) is 2.35. The van der Waals surface area contributed by atoms with Crippen LogP contribution in [-0.4, -0.2) is 29.2 Å². The molecule has 0 aromatic heterocycles. The Morgan fingerprint density at radius 2 is 1.88 bits per heavy atom. The van der Waals surface area contributed by atoms with Gasteiger partial charge in [0, 0.05) is 13.6 Å². The van der Waals surface area contributed by atoms with Gasteiger partial charge in [-0.2, -0.15) is 0 Å². The minimum absolute atomic E-state index is 0.0803. The van der Waals surface area contributed by atoms with E-state index in [0.717, 1.165) is 13.0 Å². The van der Waals surface area contributed by atoms with E-state index in [9.17, 15) is 4.79 Å². The van der Waals surface area contributed by atoms with Crippen LogP contribution in [0, 0.1) is 5.92 Å². The van der Waals surface area contributed by atoms with Crippen molar-refractivity contribution in [2.24, 2.45) is 5.92 Å². The third-order valence-corrected chi connectivity index (χ3v) is 4.23. The lowest BCUT2D eigenvalue weighted by atomic mass is 10.1. The highest BCUT2D eigenvalue weighted by Gasteiger charge is 2.21. The molecule has 3 heteroatoms. The van der Waals surface area contributed by atoms with Gasteiger partial charge in [-0.1, -0.05) is 60.1 Å². The van der Waals surface area contributed by atoms with E-state index in [-0.39, 0.29) is 10.7 Å². The zero-order chi connectivity index (χ0) is 12.8. The highest BCUT2D eigenvalue weighted by molar-refractivity contribution is 9.10. The van der Waals surface area contributed by atoms with Gasteiger partial charge in [0.15, 0.2) is 0 Å². The smallest absolute Gasteiger partial charge is 0.236 e. The normalized spacial score (nSPS) is 12.5. The first kappa shape index (κ1) is 14.2. The fraction of sp³-hybridized carbons (Fsp3) is 0.500. The van der Waals surface area contributed by atoms with Crippen LogP contribution < -0.4 is 0 Å². The van der Waals surface area contributed by atoms with Crippen molar-refractivity contribution in [2.75, 3.05) is 13.6 Å². The van der Waals surface area contributed by atoms with Crippen LogP contribution >= 0.6 is 15.9 Å². The number of nitrogens with zero attached hydrogens (tertiary/aromatic N) is 1. The molecule has 0 bridgehead atoms. The average molecular weight is 298 g/mol. The Kier molecular flexibility index (Phi) is 5.69. The summed E-state index contributed by atoms with van der Waals surface area (Å²) in [4.78, 5) is 13.7. The quantitative estimate of drug-likeness (QED) is 0.765. The number of carbonyl (C=O) groups excluding carboxylic acids is 1. The fourth-order valence-corrected chi connectivity index (χ4v) is 1.90. The molecule has 0 heterocycles. The number of rotatable bonds is 5. The van der Waals surface area contributed by atoms with Gasteiger partial charge in [0.25, 0.3) is 0 Å². The summed E-state index contributed by atoms with van der Waals surface area (Å²) in [6, 6.07) is 10.2. The number of carbonyl (C=O) groups is 1. The maximum absolute atomic E-state index is 12.0. The van der Waals surface area contributed by atoms with E-state index in [0.29, 0.717) is 5.92 Å². The van der Waals surface area contributed by atoms with Crippen LogP contribution in [0.3, 0.4) is 0 Å². The second kappa shape index (κ2) is 6.80. The molecule has 2 nitrogen and oxygen atoms in total. The lowest BCUT2D eigenvalue weighted by molar-refractivity contribution is -0.129. The Morgan fingerprint density at radius 3 is 2.41 bits per heavy atom. The fourth-order valence-electron chi connectivity index (χ4n) is 1.55. The molecule has 0 aliphatic heterocycles. The van der Waals surface area contributed by atoms with E-state index in [1.807, 2.05) is 39.1 Å². The minimum atomic E-state index is -0.0803. The summed E-state index contributed by atoms with van der Waals surface area (Å²) in [6.45, 7) is 4.85. The van der Waals surface area contributed by atoms with Crippen LogP contribution in [0.25, 0.3) is 0 Å². The lowest BCUT2D eigenvalue weighted by Gasteiger charge is -2.22. The number of hydrogen-bond acceptors (Lipinski definition) is 1. The molecule has 17 heavy (non-hydrogen) atoms. The molecule has 1 atom stereocenters. The van der Waals surface area contributed by atoms with E-state index >= 15 is 0 Å². The second-order valence-electron chi connectivity index (χ2n) is 4.64. The zero-order valence-electron chi connectivity index (χ0n) is 10.7. The molecule has 1 aromatic carbocycles. The summed E-state index contributed by atoms with van der Waals surface area (Å²) in [5, 5.41) is 0. The summed E-state index contributed by atoms with van der Waals surface area (Å²) < 4.78 is 0. The number of likely N-dealkylation sites (N-methyl/N-ethyl adjacent to an activating group) is 1. The van der Waals surface area contributed by atoms with Gasteiger partial charge < -0.3 is 4.90 Å². The van der Waals surface area contributed by atoms with E-state index in [1.165, 1.54) is 5.56 Å². The van der Waals surface area contributed by atoms with E-state index in [2.05, 4.69) is 28.1 Å². The summed E-state index contributed by atoms with van der Waals surface area (Å²) in [6.07, 6.45) is 0.904. The van der Waals surface area contributed by atoms with Crippen LogP contribution in [-0.2, 0) is 11.2 Å². The lowest BCUT2D eigenvalue weighted by Crippen LogP contribution is -2.37. The monoisotopic (exact) mass is 297 g/mol. The molecular formula is C14H20BrNO. The highest BCUT2D eigenvalue weighted by atomic mass is 79.9. The van der Waals surface area contributed by atoms with Crippen LogP contribution in [0.15, 0.2) is 30.3 Å². The summed E-state index contributed by atoms with van der Waals surface area (Å²) in [7, 11) is 1.86. The van der Waals surface area contributed by atoms with Crippen molar-refractivity contribution >= 4 is 21.8 Å². The van der Waals surface area contributed by atoms with Crippen molar-refractivity contribution in [3.8, 4) is 0 Å². The number of hydrogen-bond donors (Lipinski definition) is 0. The first-order valence-electron chi connectivity index (χ1n) is 5.95. The summed E-state index contributed by atoms with van der Waals surface area (Å²) >= 11 is 3.44. The number of halogens is 1. The van der Waals surface area contributed by atoms with Gasteiger partial charge >= 0.3 is 0 Å². The highest BCUT2D eigenvalue weighted by Crippen LogP contribution is 2.14. The third-order valence-electron chi connectivity index (χ3n) is 2.78. The summed E-state index contributed by atoms with van der Waals surface area (Å²) in [5.74, 6) is 0.484. The van der Waals surface area contributed by atoms with Crippen LogP contribution in [0.4, 0.5) is 0 Å². The van der Waals surface area contributed by atoms with Crippen molar-refractivity contribution in [1.29, 1.82) is 0 Å². The SMILES string of the molecule is CC(C)C(Br)C(=O)N(C)CCc1ccccc1. The predicted molar refractivity (Wildman–Crippen MR) is 75.3 cm³/mol. The molecule has 1 unspecified atom stereocenters. The van der Waals surface area contributed by atoms with Crippen LogP contribution in [0.1, 0.15) is 19.4 Å². The molecule has 0 aliphatic carbocycles. The number of amides is 1. The molecule has 94 valence electrons. The molecule has 0 radical (unpaired) electrons. The molecule has 1 amide bonds. The molecule has 0 spiro atoms. The summed E-state index contributed by atoms with van der Waals surface area (Å²) in [5.41, 5.74) is 1.27. The topological polar surface area (TPSA) is 20.3 Å². The number of benzene rings is 1. The maximum atomic E-state index is 12.0. The van der Waals surface area contributed by atoms with Crippen molar-refractivity contribution in [2.45, 2.75) is 25.1 Å². The second-order valence-corrected chi connectivity index (χ2v) is 5.63. The van der Waals surface area contributed by atoms with Gasteiger partial charge in [0.1, 0.15) is 0 Å². The third kappa shape index (κ3) is 4.50. The molecule has 1 aromatic rings. The van der Waals surface area contributed by atoms with Gasteiger partial charge in [-0.3, -0.25) is 4.79 Å². The largest absolute Gasteiger partial charge is 0.344 e. The van der Waals surface area contributed by atoms with Gasteiger partial charge in [-0.25, -0.2) is 0 Å². The standard InChI is InChI=1S/C14H20BrNO/c1-11(2)13(15)14(17)16(3)10-9-12-7-5-4-6-8-12/h4-8,11,13H,9-10H2,1-3H3. The Labute approximate surface area is 112 Å². The van der Waals surface area contributed by atoms with E-state index in [1.54, 1.807) is 4.90 Å². The van der Waals surface area contributed by atoms with Crippen molar-refractivity contribution < 1.29 is 4.79 Å².